The van der Waals surface area contributed by atoms with Crippen molar-refractivity contribution in [3.8, 4) is 17.2 Å². The number of benzene rings is 2. The maximum atomic E-state index is 11.7. The minimum atomic E-state index is -0.266. The number of ether oxygens (including phenoxy) is 3. The highest BCUT2D eigenvalue weighted by Crippen LogP contribution is 2.31. The number of thioether (sulfide) groups is 1. The highest BCUT2D eigenvalue weighted by Gasteiger charge is 2.22. The van der Waals surface area contributed by atoms with Crippen molar-refractivity contribution in [1.82, 2.24) is 5.32 Å². The van der Waals surface area contributed by atoms with Gasteiger partial charge in [0.25, 0.3) is 5.91 Å². The summed E-state index contributed by atoms with van der Waals surface area (Å²) in [4.78, 5) is 12.2. The van der Waals surface area contributed by atoms with Crippen LogP contribution in [0.2, 0.25) is 0 Å². The number of hydrogen-bond acceptors (Lipinski definition) is 6. The number of aryl methyl sites for hydroxylation is 2. The Morgan fingerprint density at radius 3 is 2.46 bits per heavy atom. The van der Waals surface area contributed by atoms with E-state index in [1.807, 2.05) is 32.0 Å². The molecule has 2 aromatic carbocycles. The Labute approximate surface area is 168 Å². The van der Waals surface area contributed by atoms with Crippen molar-refractivity contribution < 1.29 is 19.0 Å². The molecule has 1 saturated heterocycles. The molecule has 0 spiro atoms. The third-order valence-electron chi connectivity index (χ3n) is 4.09. The first-order valence-electron chi connectivity index (χ1n) is 8.76. The fourth-order valence-electron chi connectivity index (χ4n) is 2.65. The van der Waals surface area contributed by atoms with Gasteiger partial charge in [-0.15, -0.1) is 0 Å². The van der Waals surface area contributed by atoms with Crippen LogP contribution in [-0.4, -0.2) is 31.4 Å². The van der Waals surface area contributed by atoms with Gasteiger partial charge in [-0.1, -0.05) is 18.2 Å². The second-order valence-electron chi connectivity index (χ2n) is 6.27. The fraction of sp³-hybridized carbons (Fsp3) is 0.238. The molecule has 0 aromatic heterocycles. The molecule has 146 valence electrons. The van der Waals surface area contributed by atoms with Crippen molar-refractivity contribution in [3.05, 3.63) is 58.0 Å². The quantitative estimate of drug-likeness (QED) is 0.546. The lowest BCUT2D eigenvalue weighted by Crippen LogP contribution is -2.18. The number of nitrogens with one attached hydrogen (secondary N) is 2. The lowest BCUT2D eigenvalue weighted by Gasteiger charge is -2.13. The predicted octanol–water partition coefficient (Wildman–Crippen LogP) is 3.91. The van der Waals surface area contributed by atoms with Crippen LogP contribution in [0.15, 0.2) is 41.3 Å². The molecule has 0 aliphatic carbocycles. The molecule has 2 N–H and O–H groups in total. The lowest BCUT2D eigenvalue weighted by molar-refractivity contribution is -0.115. The molecule has 1 aliphatic rings. The largest absolute Gasteiger partial charge is 0.493 e. The SMILES string of the molecule is COc1cc(/C=C2\SC(=N)NC2=O)ccc1OCCOc1cc(C)ccc1C. The Morgan fingerprint density at radius 2 is 1.79 bits per heavy atom. The monoisotopic (exact) mass is 398 g/mol. The van der Waals surface area contributed by atoms with Crippen molar-refractivity contribution in [1.29, 1.82) is 5.41 Å². The van der Waals surface area contributed by atoms with Crippen LogP contribution in [0.3, 0.4) is 0 Å². The third kappa shape index (κ3) is 4.86. The van der Waals surface area contributed by atoms with Crippen LogP contribution in [0, 0.1) is 19.3 Å². The van der Waals surface area contributed by atoms with Gasteiger partial charge in [0.05, 0.1) is 12.0 Å². The van der Waals surface area contributed by atoms with Gasteiger partial charge in [-0.2, -0.15) is 0 Å². The summed E-state index contributed by atoms with van der Waals surface area (Å²) in [5, 5.41) is 10.1. The van der Waals surface area contributed by atoms with Crippen LogP contribution in [0.5, 0.6) is 17.2 Å². The van der Waals surface area contributed by atoms with E-state index in [0.717, 1.165) is 34.2 Å². The number of methoxy groups -OCH3 is 1. The zero-order valence-electron chi connectivity index (χ0n) is 16.0. The minimum Gasteiger partial charge on any atom is -0.493 e. The molecule has 1 aliphatic heterocycles. The second-order valence-corrected chi connectivity index (χ2v) is 7.32. The number of hydrogen-bond donors (Lipinski definition) is 2. The maximum Gasteiger partial charge on any atom is 0.264 e. The summed E-state index contributed by atoms with van der Waals surface area (Å²) in [6.45, 7) is 4.83. The van der Waals surface area contributed by atoms with E-state index in [1.54, 1.807) is 25.3 Å². The lowest BCUT2D eigenvalue weighted by atomic mass is 10.1. The summed E-state index contributed by atoms with van der Waals surface area (Å²) in [6, 6.07) is 11.5. The van der Waals surface area contributed by atoms with Crippen LogP contribution in [0.25, 0.3) is 6.08 Å². The van der Waals surface area contributed by atoms with E-state index in [4.69, 9.17) is 19.6 Å². The molecule has 0 saturated carbocycles. The predicted molar refractivity (Wildman–Crippen MR) is 111 cm³/mol. The first-order valence-corrected chi connectivity index (χ1v) is 9.58. The van der Waals surface area contributed by atoms with Crippen LogP contribution in [0.4, 0.5) is 0 Å². The van der Waals surface area contributed by atoms with E-state index >= 15 is 0 Å². The Hall–Kier alpha value is -2.93. The molecule has 0 bridgehead atoms. The zero-order valence-corrected chi connectivity index (χ0v) is 16.8. The molecule has 1 amide bonds. The summed E-state index contributed by atoms with van der Waals surface area (Å²) in [5.74, 6) is 1.76. The van der Waals surface area contributed by atoms with E-state index in [2.05, 4.69) is 11.4 Å². The third-order valence-corrected chi connectivity index (χ3v) is 4.92. The molecule has 2 aromatic rings. The molecule has 7 heteroatoms. The van der Waals surface area contributed by atoms with E-state index < -0.39 is 0 Å². The summed E-state index contributed by atoms with van der Waals surface area (Å²) in [6.07, 6.45) is 1.72. The summed E-state index contributed by atoms with van der Waals surface area (Å²) in [5.41, 5.74) is 3.03. The number of amidine groups is 1. The topological polar surface area (TPSA) is 80.6 Å². The number of carbonyl (C=O) groups is 1. The molecule has 1 heterocycles. The average Bonchev–Trinajstić information content (AvgIpc) is 2.99. The van der Waals surface area contributed by atoms with Crippen molar-refractivity contribution in [2.45, 2.75) is 13.8 Å². The molecule has 28 heavy (non-hydrogen) atoms. The van der Waals surface area contributed by atoms with Gasteiger partial charge in [-0.25, -0.2) is 0 Å². The van der Waals surface area contributed by atoms with Gasteiger partial charge in [0.1, 0.15) is 19.0 Å². The van der Waals surface area contributed by atoms with E-state index in [1.165, 1.54) is 0 Å². The Balaban J connectivity index is 1.61. The highest BCUT2D eigenvalue weighted by molar-refractivity contribution is 8.18. The van der Waals surface area contributed by atoms with Crippen molar-refractivity contribution in [3.63, 3.8) is 0 Å². The van der Waals surface area contributed by atoms with Crippen LogP contribution in [-0.2, 0) is 4.79 Å². The minimum absolute atomic E-state index is 0.131. The van der Waals surface area contributed by atoms with Gasteiger partial charge in [0, 0.05) is 0 Å². The molecular weight excluding hydrogens is 376 g/mol. The zero-order chi connectivity index (χ0) is 20.1. The van der Waals surface area contributed by atoms with Crippen molar-refractivity contribution >= 4 is 28.9 Å². The number of rotatable bonds is 7. The molecule has 3 rings (SSSR count). The summed E-state index contributed by atoms with van der Waals surface area (Å²) in [7, 11) is 1.57. The van der Waals surface area contributed by atoms with Gasteiger partial charge >= 0.3 is 0 Å². The Bertz CT molecular complexity index is 940. The molecule has 1 fully saturated rings. The van der Waals surface area contributed by atoms with Crippen LogP contribution >= 0.6 is 11.8 Å². The molecule has 6 nitrogen and oxygen atoms in total. The number of amides is 1. The second kappa shape index (κ2) is 8.84. The van der Waals surface area contributed by atoms with Crippen LogP contribution in [0.1, 0.15) is 16.7 Å². The van der Waals surface area contributed by atoms with Gasteiger partial charge < -0.3 is 19.5 Å². The van der Waals surface area contributed by atoms with Gasteiger partial charge in [-0.05, 0) is 66.6 Å². The smallest absolute Gasteiger partial charge is 0.264 e. The fourth-order valence-corrected chi connectivity index (χ4v) is 3.35. The van der Waals surface area contributed by atoms with Gasteiger partial charge in [0.2, 0.25) is 0 Å². The highest BCUT2D eigenvalue weighted by atomic mass is 32.2. The number of carbonyl (C=O) groups excluding carboxylic acids is 1. The summed E-state index contributed by atoms with van der Waals surface area (Å²) < 4.78 is 17.0. The van der Waals surface area contributed by atoms with Crippen molar-refractivity contribution in [2.75, 3.05) is 20.3 Å². The van der Waals surface area contributed by atoms with Gasteiger partial charge in [0.15, 0.2) is 16.7 Å². The normalized spacial score (nSPS) is 14.9. The maximum absolute atomic E-state index is 11.7. The van der Waals surface area contributed by atoms with E-state index in [9.17, 15) is 4.79 Å². The standard InChI is InChI=1S/C21H22N2O4S/c1-13-4-5-14(2)17(10-13)27-9-8-26-16-7-6-15(11-18(16)25-3)12-19-20(24)23-21(22)28-19/h4-7,10-12H,8-9H2,1-3H3,(H2,22,23,24)/b19-12-. The molecule has 0 unspecified atom stereocenters. The van der Waals surface area contributed by atoms with E-state index in [0.29, 0.717) is 29.6 Å². The first kappa shape index (κ1) is 19.8. The Morgan fingerprint density at radius 1 is 1.04 bits per heavy atom. The summed E-state index contributed by atoms with van der Waals surface area (Å²) >= 11 is 1.10. The van der Waals surface area contributed by atoms with Crippen LogP contribution < -0.4 is 19.5 Å². The van der Waals surface area contributed by atoms with Crippen molar-refractivity contribution in [2.24, 2.45) is 0 Å². The van der Waals surface area contributed by atoms with E-state index in [-0.39, 0.29) is 11.1 Å². The molecule has 0 atom stereocenters. The Kier molecular flexibility index (Phi) is 6.26. The molecule has 0 radical (unpaired) electrons. The molecular formula is C21H22N2O4S. The first-order chi connectivity index (χ1) is 13.5. The average molecular weight is 398 g/mol. The van der Waals surface area contributed by atoms with Gasteiger partial charge in [-0.3, -0.25) is 10.2 Å².